The second-order valence-electron chi connectivity index (χ2n) is 22.3. The van der Waals surface area contributed by atoms with Crippen LogP contribution in [0.25, 0.3) is 164 Å². The minimum atomic E-state index is 1.27. The van der Waals surface area contributed by atoms with Crippen molar-refractivity contribution in [1.82, 2.24) is 0 Å². The van der Waals surface area contributed by atoms with Crippen molar-refractivity contribution in [1.29, 1.82) is 0 Å². The zero-order chi connectivity index (χ0) is 49.7. The van der Waals surface area contributed by atoms with E-state index in [1.807, 2.05) is 0 Å². The maximum absolute atomic E-state index is 2.54. The molecule has 0 heterocycles. The fourth-order valence-corrected chi connectivity index (χ4v) is 14.8. The topological polar surface area (TPSA) is 0 Å². The first-order valence-electron chi connectivity index (χ1n) is 26.5. The molecular weight excluding hydrogens is 889 g/mol. The van der Waals surface area contributed by atoms with Crippen molar-refractivity contribution in [2.45, 2.75) is 55.4 Å². The van der Waals surface area contributed by atoms with Crippen LogP contribution < -0.4 is 0 Å². The smallest absolute Gasteiger partial charge is 0.00171 e. The third kappa shape index (κ3) is 5.37. The van der Waals surface area contributed by atoms with E-state index in [0.717, 1.165) is 0 Å². The van der Waals surface area contributed by atoms with Crippen LogP contribution in [0.15, 0.2) is 170 Å². The summed E-state index contributed by atoms with van der Waals surface area (Å²) in [5.41, 5.74) is 26.8. The Bertz CT molecular complexity index is 5020. The molecule has 0 N–H and O–H groups in total. The molecule has 0 fully saturated rings. The van der Waals surface area contributed by atoms with E-state index in [4.69, 9.17) is 0 Å². The summed E-state index contributed by atoms with van der Waals surface area (Å²) in [6.07, 6.45) is 0. The Hall–Kier alpha value is -8.58. The third-order valence-electron chi connectivity index (χ3n) is 17.8. The van der Waals surface area contributed by atoms with Crippen molar-refractivity contribution in [2.24, 2.45) is 0 Å². The normalized spacial score (nSPS) is 12.6. The standard InChI is InChI=1S/C74H52/c1-37-17-21-51-55(29-37)62(33-61-54-24-20-42(6)72-70-44(8)28-39(3)31-64(70)67(74(54)72)36-60(51)61)58-32-57-47-15-11-12-16-48(47)65(35-59(57)46-14-10-9-13-45(46)58)68-40(4)18-22-49-52(68)26-25-50-53-23-19-41(5)71-69-43(7)27-38(2)30-63(69)66(73(53)71)34-56(49)50/h9-36H,1-8H3. The second kappa shape index (κ2) is 14.6. The summed E-state index contributed by atoms with van der Waals surface area (Å²) in [4.78, 5) is 0. The lowest BCUT2D eigenvalue weighted by Gasteiger charge is -2.20. The molecule has 0 saturated carbocycles. The summed E-state index contributed by atoms with van der Waals surface area (Å²) in [7, 11) is 0. The molecule has 0 amide bonds. The quantitative estimate of drug-likeness (QED) is 0.152. The van der Waals surface area contributed by atoms with Gasteiger partial charge in [0.25, 0.3) is 0 Å². The van der Waals surface area contributed by atoms with Gasteiger partial charge in [-0.3, -0.25) is 0 Å². The number of rotatable bonds is 2. The molecule has 0 aromatic heterocycles. The van der Waals surface area contributed by atoms with Gasteiger partial charge in [0.15, 0.2) is 0 Å². The number of benzene rings is 14. The molecule has 0 spiro atoms. The van der Waals surface area contributed by atoms with Crippen molar-refractivity contribution in [2.75, 3.05) is 0 Å². The highest BCUT2D eigenvalue weighted by atomic mass is 14.3. The lowest BCUT2D eigenvalue weighted by molar-refractivity contribution is 1.38. The number of hydrogen-bond acceptors (Lipinski definition) is 0. The fourth-order valence-electron chi connectivity index (χ4n) is 14.8. The van der Waals surface area contributed by atoms with Gasteiger partial charge in [0.2, 0.25) is 0 Å². The molecule has 0 aliphatic heterocycles. The third-order valence-corrected chi connectivity index (χ3v) is 17.8. The van der Waals surface area contributed by atoms with Crippen LogP contribution >= 0.6 is 0 Å². The first-order valence-corrected chi connectivity index (χ1v) is 26.5. The molecule has 16 rings (SSSR count). The fraction of sp³-hybridized carbons (Fsp3) is 0.108. The van der Waals surface area contributed by atoms with Crippen LogP contribution in [0.5, 0.6) is 0 Å². The van der Waals surface area contributed by atoms with Gasteiger partial charge in [-0.2, -0.15) is 0 Å². The Kier molecular flexibility index (Phi) is 8.26. The number of aryl methyl sites for hydroxylation is 8. The van der Waals surface area contributed by atoms with Gasteiger partial charge < -0.3 is 0 Å². The van der Waals surface area contributed by atoms with Crippen molar-refractivity contribution < 1.29 is 0 Å². The van der Waals surface area contributed by atoms with E-state index in [1.54, 1.807) is 0 Å². The van der Waals surface area contributed by atoms with Crippen LogP contribution in [0.1, 0.15) is 44.5 Å². The maximum atomic E-state index is 2.54. The molecule has 0 atom stereocenters. The lowest BCUT2D eigenvalue weighted by Crippen LogP contribution is -1.93. The first-order chi connectivity index (χ1) is 36.0. The highest BCUT2D eigenvalue weighted by Crippen LogP contribution is 2.56. The highest BCUT2D eigenvalue weighted by molar-refractivity contribution is 6.33. The van der Waals surface area contributed by atoms with Gasteiger partial charge in [-0.25, -0.2) is 0 Å². The van der Waals surface area contributed by atoms with Crippen LogP contribution in [0.3, 0.4) is 0 Å². The first kappa shape index (κ1) is 42.0. The molecule has 14 aromatic carbocycles. The van der Waals surface area contributed by atoms with Gasteiger partial charge in [-0.15, -0.1) is 0 Å². The van der Waals surface area contributed by atoms with Gasteiger partial charge in [0, 0.05) is 0 Å². The Balaban J connectivity index is 0.971. The maximum Gasteiger partial charge on any atom is -0.00171 e. The molecule has 0 saturated heterocycles. The summed E-state index contributed by atoms with van der Waals surface area (Å²) in [6, 6.07) is 66.8. The minimum Gasteiger partial charge on any atom is -0.0616 e. The van der Waals surface area contributed by atoms with Crippen LogP contribution in [0.2, 0.25) is 0 Å². The van der Waals surface area contributed by atoms with Crippen molar-refractivity contribution >= 4 is 97.0 Å². The predicted octanol–water partition coefficient (Wildman–Crippen LogP) is 21.2. The molecule has 2 aliphatic carbocycles. The molecule has 14 aromatic rings. The van der Waals surface area contributed by atoms with E-state index in [2.05, 4.69) is 225 Å². The summed E-state index contributed by atoms with van der Waals surface area (Å²) in [5.74, 6) is 0. The SMILES string of the molecule is Cc1cc(C)c2c(c1)-c1cc3c4ccc(C)cc4c(-c4cc5c6ccccc6c(-c6c(C)ccc7c6ccc6c8ccc(C)c9c8c(cc76)-c6cc(C)cc(C)c6-9)cc5c5ccccc45)cc3c3ccc(C)c-2c13. The van der Waals surface area contributed by atoms with Crippen molar-refractivity contribution in [3.63, 3.8) is 0 Å². The summed E-state index contributed by atoms with van der Waals surface area (Å²) < 4.78 is 0. The van der Waals surface area contributed by atoms with E-state index in [1.165, 1.54) is 208 Å². The summed E-state index contributed by atoms with van der Waals surface area (Å²) in [5, 5.41) is 23.6. The molecule has 0 radical (unpaired) electrons. The van der Waals surface area contributed by atoms with Crippen molar-refractivity contribution in [3.8, 4) is 66.8 Å². The average Bonchev–Trinajstić information content (AvgIpc) is 3.95. The Morgan fingerprint density at radius 1 is 0.176 bits per heavy atom. The van der Waals surface area contributed by atoms with E-state index in [9.17, 15) is 0 Å². The van der Waals surface area contributed by atoms with Gasteiger partial charge in [0.05, 0.1) is 0 Å². The van der Waals surface area contributed by atoms with Gasteiger partial charge in [-0.1, -0.05) is 156 Å². The van der Waals surface area contributed by atoms with Gasteiger partial charge in [0.1, 0.15) is 0 Å². The molecule has 0 nitrogen and oxygen atoms in total. The van der Waals surface area contributed by atoms with Crippen LogP contribution in [-0.4, -0.2) is 0 Å². The summed E-state index contributed by atoms with van der Waals surface area (Å²) in [6.45, 7) is 18.2. The number of fused-ring (bicyclic) bond motifs is 19. The summed E-state index contributed by atoms with van der Waals surface area (Å²) >= 11 is 0. The molecule has 348 valence electrons. The molecule has 74 heavy (non-hydrogen) atoms. The zero-order valence-corrected chi connectivity index (χ0v) is 43.2. The predicted molar refractivity (Wildman–Crippen MR) is 322 cm³/mol. The lowest BCUT2D eigenvalue weighted by atomic mass is 9.83. The molecule has 0 heteroatoms. The molecule has 2 aliphatic rings. The van der Waals surface area contributed by atoms with Gasteiger partial charge >= 0.3 is 0 Å². The van der Waals surface area contributed by atoms with E-state index in [0.29, 0.717) is 0 Å². The monoisotopic (exact) mass is 940 g/mol. The van der Waals surface area contributed by atoms with Crippen LogP contribution in [-0.2, 0) is 0 Å². The Morgan fingerprint density at radius 2 is 0.541 bits per heavy atom. The van der Waals surface area contributed by atoms with Crippen LogP contribution in [0.4, 0.5) is 0 Å². The average molecular weight is 941 g/mol. The second-order valence-corrected chi connectivity index (χ2v) is 22.3. The zero-order valence-electron chi connectivity index (χ0n) is 43.2. The Labute approximate surface area is 431 Å². The van der Waals surface area contributed by atoms with E-state index in [-0.39, 0.29) is 0 Å². The van der Waals surface area contributed by atoms with Crippen LogP contribution in [0, 0.1) is 55.4 Å². The van der Waals surface area contributed by atoms with Gasteiger partial charge in [-0.05, 0) is 277 Å². The molecule has 0 bridgehead atoms. The highest BCUT2D eigenvalue weighted by Gasteiger charge is 2.30. The Morgan fingerprint density at radius 3 is 1.12 bits per heavy atom. The molecular formula is C74H52. The molecule has 0 unspecified atom stereocenters. The van der Waals surface area contributed by atoms with E-state index < -0.39 is 0 Å². The van der Waals surface area contributed by atoms with Crippen molar-refractivity contribution in [3.05, 3.63) is 214 Å². The largest absolute Gasteiger partial charge is 0.0616 e. The number of hydrogen-bond donors (Lipinski definition) is 0. The minimum absolute atomic E-state index is 1.27. The van der Waals surface area contributed by atoms with E-state index >= 15 is 0 Å².